The van der Waals surface area contributed by atoms with Crippen LogP contribution in [0.25, 0.3) is 5.69 Å². The molecule has 0 saturated heterocycles. The molecule has 0 unspecified atom stereocenters. The molecule has 0 aliphatic carbocycles. The van der Waals surface area contributed by atoms with Gasteiger partial charge in [0.2, 0.25) is 0 Å². The molecule has 3 rings (SSSR count). The Morgan fingerprint density at radius 3 is 2.24 bits per heavy atom. The van der Waals surface area contributed by atoms with Crippen molar-refractivity contribution in [3.8, 4) is 5.69 Å². The molecule has 2 aromatic carbocycles. The first-order chi connectivity index (χ1) is 11.9. The minimum Gasteiger partial charge on any atom is -0.373 e. The van der Waals surface area contributed by atoms with E-state index in [1.54, 1.807) is 0 Å². The molecular formula is C20H25N5. The number of tetrazole rings is 1. The van der Waals surface area contributed by atoms with Crippen molar-refractivity contribution in [3.63, 3.8) is 0 Å². The van der Waals surface area contributed by atoms with E-state index in [9.17, 15) is 0 Å². The zero-order chi connectivity index (χ0) is 18.0. The van der Waals surface area contributed by atoms with E-state index in [2.05, 4.69) is 97.9 Å². The third-order valence-corrected chi connectivity index (χ3v) is 4.79. The van der Waals surface area contributed by atoms with Crippen LogP contribution in [-0.2, 0) is 5.54 Å². The second-order valence-corrected chi connectivity index (χ2v) is 6.83. The fourth-order valence-electron chi connectivity index (χ4n) is 3.08. The van der Waals surface area contributed by atoms with Crippen LogP contribution < -0.4 is 5.32 Å². The first-order valence-corrected chi connectivity index (χ1v) is 8.65. The van der Waals surface area contributed by atoms with Crippen LogP contribution in [0.3, 0.4) is 0 Å². The largest absolute Gasteiger partial charge is 0.373 e. The molecule has 1 aromatic heterocycles. The fourth-order valence-corrected chi connectivity index (χ4v) is 3.08. The van der Waals surface area contributed by atoms with Gasteiger partial charge in [0, 0.05) is 5.69 Å². The van der Waals surface area contributed by atoms with Crippen LogP contribution in [0.2, 0.25) is 0 Å². The number of hydrogen-bond donors (Lipinski definition) is 1. The van der Waals surface area contributed by atoms with Crippen LogP contribution in [0.4, 0.5) is 5.69 Å². The molecule has 0 saturated carbocycles. The minimum atomic E-state index is -0.381. The number of anilines is 1. The van der Waals surface area contributed by atoms with Gasteiger partial charge in [0.25, 0.3) is 0 Å². The van der Waals surface area contributed by atoms with Crippen LogP contribution in [-0.4, -0.2) is 20.2 Å². The van der Waals surface area contributed by atoms with E-state index in [1.165, 1.54) is 5.56 Å². The van der Waals surface area contributed by atoms with Gasteiger partial charge in [0.1, 0.15) is 0 Å². The van der Waals surface area contributed by atoms with Crippen LogP contribution in [0, 0.1) is 20.8 Å². The summed E-state index contributed by atoms with van der Waals surface area (Å²) in [6, 6.07) is 14.6. The van der Waals surface area contributed by atoms with Crippen molar-refractivity contribution in [2.45, 2.75) is 46.6 Å². The van der Waals surface area contributed by atoms with Crippen molar-refractivity contribution in [2.75, 3.05) is 5.32 Å². The Morgan fingerprint density at radius 2 is 1.64 bits per heavy atom. The first-order valence-electron chi connectivity index (χ1n) is 8.65. The van der Waals surface area contributed by atoms with E-state index < -0.39 is 0 Å². The Morgan fingerprint density at radius 1 is 1.00 bits per heavy atom. The molecule has 130 valence electrons. The number of nitrogens with zero attached hydrogens (tertiary/aromatic N) is 4. The van der Waals surface area contributed by atoms with Gasteiger partial charge < -0.3 is 5.32 Å². The van der Waals surface area contributed by atoms with E-state index in [4.69, 9.17) is 0 Å². The molecule has 0 amide bonds. The number of benzene rings is 2. The van der Waals surface area contributed by atoms with Crippen molar-refractivity contribution >= 4 is 5.69 Å². The monoisotopic (exact) mass is 335 g/mol. The highest BCUT2D eigenvalue weighted by Crippen LogP contribution is 2.30. The van der Waals surface area contributed by atoms with Gasteiger partial charge in [-0.1, -0.05) is 42.8 Å². The molecule has 0 bridgehead atoms. The standard InChI is InChI=1S/C20H25N5/c1-6-20(5,21-17-12-10-14(2)11-13-17)19-22-23-24-25(19)18-15(3)8-7-9-16(18)4/h7-13,21H,6H2,1-5H3/t20-/m0/s1. The number of aromatic nitrogens is 4. The lowest BCUT2D eigenvalue weighted by Crippen LogP contribution is -2.34. The van der Waals surface area contributed by atoms with E-state index in [0.29, 0.717) is 0 Å². The van der Waals surface area contributed by atoms with Gasteiger partial charge >= 0.3 is 0 Å². The highest BCUT2D eigenvalue weighted by molar-refractivity contribution is 5.50. The van der Waals surface area contributed by atoms with Gasteiger partial charge in [0.15, 0.2) is 5.82 Å². The van der Waals surface area contributed by atoms with Crippen molar-refractivity contribution in [3.05, 3.63) is 65.0 Å². The van der Waals surface area contributed by atoms with Gasteiger partial charge in [-0.2, -0.15) is 4.68 Å². The van der Waals surface area contributed by atoms with Crippen molar-refractivity contribution < 1.29 is 0 Å². The number of rotatable bonds is 5. The molecule has 0 aliphatic heterocycles. The Labute approximate surface area is 149 Å². The molecule has 0 fully saturated rings. The summed E-state index contributed by atoms with van der Waals surface area (Å²) in [6.45, 7) is 10.5. The Hall–Kier alpha value is -2.69. The summed E-state index contributed by atoms with van der Waals surface area (Å²) in [6.07, 6.45) is 0.853. The summed E-state index contributed by atoms with van der Waals surface area (Å²) in [4.78, 5) is 0. The molecule has 5 nitrogen and oxygen atoms in total. The van der Waals surface area contributed by atoms with Gasteiger partial charge in [-0.15, -0.1) is 5.10 Å². The molecule has 5 heteroatoms. The lowest BCUT2D eigenvalue weighted by atomic mass is 9.96. The minimum absolute atomic E-state index is 0.381. The Balaban J connectivity index is 2.05. The molecule has 1 atom stereocenters. The van der Waals surface area contributed by atoms with Crippen LogP contribution in [0.5, 0.6) is 0 Å². The zero-order valence-corrected chi connectivity index (χ0v) is 15.5. The molecule has 0 spiro atoms. The number of nitrogens with one attached hydrogen (secondary N) is 1. The van der Waals surface area contributed by atoms with Gasteiger partial charge in [-0.05, 0) is 67.8 Å². The highest BCUT2D eigenvalue weighted by atomic mass is 15.6. The average Bonchev–Trinajstić information content (AvgIpc) is 3.07. The van der Waals surface area contributed by atoms with Crippen LogP contribution in [0.15, 0.2) is 42.5 Å². The summed E-state index contributed by atoms with van der Waals surface area (Å²) < 4.78 is 1.87. The predicted molar refractivity (Wildman–Crippen MR) is 101 cm³/mol. The molecule has 0 radical (unpaired) electrons. The lowest BCUT2D eigenvalue weighted by molar-refractivity contribution is 0.474. The SMILES string of the molecule is CC[C@](C)(Nc1ccc(C)cc1)c1nnnn1-c1c(C)cccc1C. The Kier molecular flexibility index (Phi) is 4.57. The van der Waals surface area contributed by atoms with Crippen LogP contribution >= 0.6 is 0 Å². The number of hydrogen-bond acceptors (Lipinski definition) is 4. The number of para-hydroxylation sites is 1. The molecule has 3 aromatic rings. The predicted octanol–water partition coefficient (Wildman–Crippen LogP) is 4.32. The third-order valence-electron chi connectivity index (χ3n) is 4.79. The second-order valence-electron chi connectivity index (χ2n) is 6.83. The summed E-state index contributed by atoms with van der Waals surface area (Å²) >= 11 is 0. The number of aryl methyl sites for hydroxylation is 3. The first kappa shape index (κ1) is 17.1. The Bertz CT molecular complexity index is 846. The van der Waals surface area contributed by atoms with Gasteiger partial charge in [-0.25, -0.2) is 0 Å². The van der Waals surface area contributed by atoms with E-state index in [1.807, 2.05) is 4.68 Å². The smallest absolute Gasteiger partial charge is 0.181 e. The second kappa shape index (κ2) is 6.67. The van der Waals surface area contributed by atoms with E-state index >= 15 is 0 Å². The molecule has 25 heavy (non-hydrogen) atoms. The molecule has 1 heterocycles. The maximum atomic E-state index is 4.37. The molecular weight excluding hydrogens is 310 g/mol. The van der Waals surface area contributed by atoms with Crippen LogP contribution in [0.1, 0.15) is 42.8 Å². The lowest BCUT2D eigenvalue weighted by Gasteiger charge is -2.30. The average molecular weight is 335 g/mol. The maximum absolute atomic E-state index is 4.37. The molecule has 1 N–H and O–H groups in total. The van der Waals surface area contributed by atoms with Crippen molar-refractivity contribution in [1.29, 1.82) is 0 Å². The maximum Gasteiger partial charge on any atom is 0.181 e. The normalized spacial score (nSPS) is 13.5. The summed E-state index contributed by atoms with van der Waals surface area (Å²) in [5.74, 6) is 0.813. The highest BCUT2D eigenvalue weighted by Gasteiger charge is 2.32. The van der Waals surface area contributed by atoms with E-state index in [0.717, 1.165) is 34.7 Å². The zero-order valence-electron chi connectivity index (χ0n) is 15.5. The van der Waals surface area contributed by atoms with Crippen molar-refractivity contribution in [1.82, 2.24) is 20.2 Å². The summed E-state index contributed by atoms with van der Waals surface area (Å²) in [5.41, 5.74) is 5.28. The van der Waals surface area contributed by atoms with E-state index in [-0.39, 0.29) is 5.54 Å². The topological polar surface area (TPSA) is 55.6 Å². The summed E-state index contributed by atoms with van der Waals surface area (Å²) in [7, 11) is 0. The quantitative estimate of drug-likeness (QED) is 0.754. The van der Waals surface area contributed by atoms with Gasteiger partial charge in [0.05, 0.1) is 11.2 Å². The fraction of sp³-hybridized carbons (Fsp3) is 0.350. The van der Waals surface area contributed by atoms with Gasteiger partial charge in [-0.3, -0.25) is 0 Å². The molecule has 0 aliphatic rings. The summed E-state index contributed by atoms with van der Waals surface area (Å²) in [5, 5.41) is 16.3. The van der Waals surface area contributed by atoms with Crippen molar-refractivity contribution in [2.24, 2.45) is 0 Å². The third kappa shape index (κ3) is 3.27.